The van der Waals surface area contributed by atoms with Crippen LogP contribution in [0.15, 0.2) is 0 Å². The molecule has 0 saturated carbocycles. The Morgan fingerprint density at radius 1 is 0.737 bits per heavy atom. The summed E-state index contributed by atoms with van der Waals surface area (Å²) in [5.41, 5.74) is 0. The highest BCUT2D eigenvalue weighted by atomic mass is 16.5. The lowest BCUT2D eigenvalue weighted by molar-refractivity contribution is 0.0665. The summed E-state index contributed by atoms with van der Waals surface area (Å²) < 4.78 is 5.81. The van der Waals surface area contributed by atoms with Crippen LogP contribution in [0.4, 0.5) is 0 Å². The summed E-state index contributed by atoms with van der Waals surface area (Å²) in [6, 6.07) is 0. The Balaban J connectivity index is 1.44. The molecule has 2 heterocycles. The fourth-order valence-corrected chi connectivity index (χ4v) is 3.06. The van der Waals surface area contributed by atoms with Gasteiger partial charge in [0.2, 0.25) is 0 Å². The third kappa shape index (κ3) is 5.80. The number of hydrogen-bond acceptors (Lipinski definition) is 3. The summed E-state index contributed by atoms with van der Waals surface area (Å²) in [4.78, 5) is 5.12. The Kier molecular flexibility index (Phi) is 6.62. The van der Waals surface area contributed by atoms with Crippen LogP contribution in [0.3, 0.4) is 0 Å². The summed E-state index contributed by atoms with van der Waals surface area (Å²) in [5, 5.41) is 0. The first-order valence-electron chi connectivity index (χ1n) is 8.26. The summed E-state index contributed by atoms with van der Waals surface area (Å²) >= 11 is 0. The number of hydrogen-bond donors (Lipinski definition) is 0. The molecule has 0 radical (unpaired) electrons. The Morgan fingerprint density at radius 3 is 1.47 bits per heavy atom. The molecule has 0 aromatic rings. The SMILES string of the molecule is CC1CCN(CCOCCN2CCC(C)CC2)CC1. The molecule has 19 heavy (non-hydrogen) atoms. The minimum absolute atomic E-state index is 0.915. The van der Waals surface area contributed by atoms with E-state index in [1.165, 1.54) is 51.9 Å². The van der Waals surface area contributed by atoms with Crippen LogP contribution in [0, 0.1) is 11.8 Å². The second kappa shape index (κ2) is 8.23. The number of piperidine rings is 2. The van der Waals surface area contributed by atoms with Crippen molar-refractivity contribution < 1.29 is 4.74 Å². The normalized spacial score (nSPS) is 24.9. The highest BCUT2D eigenvalue weighted by molar-refractivity contribution is 4.70. The van der Waals surface area contributed by atoms with Crippen LogP contribution >= 0.6 is 0 Å². The van der Waals surface area contributed by atoms with E-state index in [1.807, 2.05) is 0 Å². The molecular weight excluding hydrogens is 236 g/mol. The van der Waals surface area contributed by atoms with Crippen LogP contribution in [0.1, 0.15) is 39.5 Å². The second-order valence-electron chi connectivity index (χ2n) is 6.66. The predicted molar refractivity (Wildman–Crippen MR) is 80.5 cm³/mol. The zero-order valence-corrected chi connectivity index (χ0v) is 12.9. The molecule has 0 bridgehead atoms. The van der Waals surface area contributed by atoms with E-state index in [4.69, 9.17) is 4.74 Å². The van der Waals surface area contributed by atoms with Gasteiger partial charge in [0, 0.05) is 13.1 Å². The van der Waals surface area contributed by atoms with Crippen molar-refractivity contribution in [3.05, 3.63) is 0 Å². The largest absolute Gasteiger partial charge is 0.379 e. The average Bonchev–Trinajstić information content (AvgIpc) is 2.43. The van der Waals surface area contributed by atoms with Crippen LogP contribution in [-0.4, -0.2) is 62.3 Å². The minimum Gasteiger partial charge on any atom is -0.379 e. The van der Waals surface area contributed by atoms with Gasteiger partial charge >= 0.3 is 0 Å². The minimum atomic E-state index is 0.915. The monoisotopic (exact) mass is 268 g/mol. The molecule has 3 nitrogen and oxygen atoms in total. The number of nitrogens with zero attached hydrogens (tertiary/aromatic N) is 2. The van der Waals surface area contributed by atoms with E-state index < -0.39 is 0 Å². The Hall–Kier alpha value is -0.120. The maximum atomic E-state index is 5.81. The molecule has 0 aromatic carbocycles. The molecule has 0 unspecified atom stereocenters. The third-order valence-electron chi connectivity index (χ3n) is 4.86. The van der Waals surface area contributed by atoms with Crippen molar-refractivity contribution >= 4 is 0 Å². The van der Waals surface area contributed by atoms with Gasteiger partial charge in [0.25, 0.3) is 0 Å². The molecule has 2 fully saturated rings. The molecule has 112 valence electrons. The van der Waals surface area contributed by atoms with Crippen molar-refractivity contribution in [2.75, 3.05) is 52.5 Å². The first-order chi connectivity index (χ1) is 9.24. The van der Waals surface area contributed by atoms with Crippen LogP contribution in [0.25, 0.3) is 0 Å². The highest BCUT2D eigenvalue weighted by Gasteiger charge is 2.16. The van der Waals surface area contributed by atoms with Gasteiger partial charge in [0.05, 0.1) is 13.2 Å². The first-order valence-corrected chi connectivity index (χ1v) is 8.26. The van der Waals surface area contributed by atoms with Gasteiger partial charge in [-0.1, -0.05) is 13.8 Å². The molecule has 0 amide bonds. The van der Waals surface area contributed by atoms with Gasteiger partial charge in [-0.3, -0.25) is 0 Å². The molecular formula is C16H32N2O. The summed E-state index contributed by atoms with van der Waals surface area (Å²) in [6.45, 7) is 13.9. The lowest BCUT2D eigenvalue weighted by atomic mass is 9.99. The van der Waals surface area contributed by atoms with Gasteiger partial charge < -0.3 is 14.5 Å². The van der Waals surface area contributed by atoms with Gasteiger partial charge in [-0.25, -0.2) is 0 Å². The summed E-state index contributed by atoms with van der Waals surface area (Å²) in [5.74, 6) is 1.86. The predicted octanol–water partition coefficient (Wildman–Crippen LogP) is 2.47. The van der Waals surface area contributed by atoms with Gasteiger partial charge in [-0.2, -0.15) is 0 Å². The average molecular weight is 268 g/mol. The van der Waals surface area contributed by atoms with Crippen LogP contribution < -0.4 is 0 Å². The Bertz CT molecular complexity index is 207. The Labute approximate surface area is 119 Å². The fourth-order valence-electron chi connectivity index (χ4n) is 3.06. The summed E-state index contributed by atoms with van der Waals surface area (Å²) in [6.07, 6.45) is 5.47. The Morgan fingerprint density at radius 2 is 1.11 bits per heavy atom. The smallest absolute Gasteiger partial charge is 0.0594 e. The van der Waals surface area contributed by atoms with Gasteiger partial charge in [-0.05, 0) is 63.7 Å². The van der Waals surface area contributed by atoms with Gasteiger partial charge in [0.1, 0.15) is 0 Å². The molecule has 0 atom stereocenters. The highest BCUT2D eigenvalue weighted by Crippen LogP contribution is 2.16. The molecule has 0 spiro atoms. The molecule has 0 aromatic heterocycles. The molecule has 2 saturated heterocycles. The van der Waals surface area contributed by atoms with Gasteiger partial charge in [0.15, 0.2) is 0 Å². The van der Waals surface area contributed by atoms with E-state index >= 15 is 0 Å². The lowest BCUT2D eigenvalue weighted by Gasteiger charge is -2.31. The van der Waals surface area contributed by atoms with E-state index in [0.717, 1.165) is 38.1 Å². The number of likely N-dealkylation sites (tertiary alicyclic amines) is 2. The zero-order chi connectivity index (χ0) is 13.5. The number of rotatable bonds is 6. The fraction of sp³-hybridized carbons (Fsp3) is 1.00. The van der Waals surface area contributed by atoms with Crippen molar-refractivity contribution in [3.8, 4) is 0 Å². The quantitative estimate of drug-likeness (QED) is 0.688. The molecule has 0 N–H and O–H groups in total. The van der Waals surface area contributed by atoms with E-state index in [2.05, 4.69) is 23.6 Å². The molecule has 2 aliphatic rings. The standard InChI is InChI=1S/C16H32N2O/c1-15-3-7-17(8-4-15)11-13-19-14-12-18-9-5-16(2)6-10-18/h15-16H,3-14H2,1-2H3. The van der Waals surface area contributed by atoms with E-state index in [0.29, 0.717) is 0 Å². The van der Waals surface area contributed by atoms with Crippen molar-refractivity contribution in [3.63, 3.8) is 0 Å². The van der Waals surface area contributed by atoms with Crippen LogP contribution in [0.2, 0.25) is 0 Å². The van der Waals surface area contributed by atoms with Crippen LogP contribution in [0.5, 0.6) is 0 Å². The molecule has 2 rings (SSSR count). The molecule has 0 aliphatic carbocycles. The topological polar surface area (TPSA) is 15.7 Å². The van der Waals surface area contributed by atoms with Gasteiger partial charge in [-0.15, -0.1) is 0 Å². The van der Waals surface area contributed by atoms with Crippen LogP contribution in [-0.2, 0) is 4.74 Å². The first kappa shape index (κ1) is 15.3. The van der Waals surface area contributed by atoms with E-state index in [9.17, 15) is 0 Å². The van der Waals surface area contributed by atoms with Crippen molar-refractivity contribution in [1.29, 1.82) is 0 Å². The molecule has 3 heteroatoms. The van der Waals surface area contributed by atoms with Crippen molar-refractivity contribution in [2.45, 2.75) is 39.5 Å². The summed E-state index contributed by atoms with van der Waals surface area (Å²) in [7, 11) is 0. The lowest BCUT2D eigenvalue weighted by Crippen LogP contribution is -2.37. The van der Waals surface area contributed by atoms with E-state index in [1.54, 1.807) is 0 Å². The maximum absolute atomic E-state index is 5.81. The third-order valence-corrected chi connectivity index (χ3v) is 4.86. The second-order valence-corrected chi connectivity index (χ2v) is 6.66. The van der Waals surface area contributed by atoms with Crippen molar-refractivity contribution in [1.82, 2.24) is 9.80 Å². The molecule has 2 aliphatic heterocycles. The number of ether oxygens (including phenoxy) is 1. The zero-order valence-electron chi connectivity index (χ0n) is 12.9. The van der Waals surface area contributed by atoms with E-state index in [-0.39, 0.29) is 0 Å². The van der Waals surface area contributed by atoms with Crippen molar-refractivity contribution in [2.24, 2.45) is 11.8 Å². The maximum Gasteiger partial charge on any atom is 0.0594 e.